The van der Waals surface area contributed by atoms with Gasteiger partial charge >= 0.3 is 0 Å². The third kappa shape index (κ3) is 2.81. The number of H-pyrrole nitrogens is 1. The van der Waals surface area contributed by atoms with Gasteiger partial charge < -0.3 is 11.1 Å². The Morgan fingerprint density at radius 1 is 1.47 bits per heavy atom. The Morgan fingerprint density at radius 2 is 2.29 bits per heavy atom. The molecule has 2 rings (SSSR count). The Bertz CT molecular complexity index is 500. The first-order chi connectivity index (χ1) is 8.15. The van der Waals surface area contributed by atoms with Crippen LogP contribution in [0, 0.1) is 6.92 Å². The monoisotopic (exact) mass is 231 g/mol. The summed E-state index contributed by atoms with van der Waals surface area (Å²) < 4.78 is 0. The number of carbonyl (C=O) groups is 1. The topological polar surface area (TPSA) is 96.7 Å². The first-order valence-electron chi connectivity index (χ1n) is 5.15. The van der Waals surface area contributed by atoms with Gasteiger partial charge in [0.25, 0.3) is 5.91 Å². The fourth-order valence-electron chi connectivity index (χ4n) is 1.53. The first-order valence-corrected chi connectivity index (χ1v) is 5.15. The predicted octanol–water partition coefficient (Wildman–Crippen LogP) is 0.625. The Hall–Kier alpha value is -2.37. The van der Waals surface area contributed by atoms with Crippen molar-refractivity contribution < 1.29 is 4.79 Å². The fraction of sp³-hybridized carbons (Fsp3) is 0.182. The van der Waals surface area contributed by atoms with E-state index in [9.17, 15) is 4.79 Å². The molecule has 0 saturated heterocycles. The van der Waals surface area contributed by atoms with Crippen molar-refractivity contribution in [3.63, 3.8) is 0 Å². The van der Waals surface area contributed by atoms with E-state index >= 15 is 0 Å². The highest BCUT2D eigenvalue weighted by atomic mass is 16.1. The van der Waals surface area contributed by atoms with Crippen LogP contribution in [0.2, 0.25) is 0 Å². The van der Waals surface area contributed by atoms with Gasteiger partial charge in [0, 0.05) is 11.3 Å². The van der Waals surface area contributed by atoms with Crippen LogP contribution >= 0.6 is 0 Å². The first kappa shape index (κ1) is 11.1. The summed E-state index contributed by atoms with van der Waals surface area (Å²) in [5.41, 5.74) is 7.76. The molecule has 1 amide bonds. The van der Waals surface area contributed by atoms with E-state index in [1.54, 1.807) is 12.1 Å². The van der Waals surface area contributed by atoms with Gasteiger partial charge in [-0.15, -0.1) is 0 Å². The molecule has 0 radical (unpaired) electrons. The second-order valence-electron chi connectivity index (χ2n) is 3.75. The van der Waals surface area contributed by atoms with Crippen molar-refractivity contribution in [2.75, 3.05) is 5.73 Å². The fourth-order valence-corrected chi connectivity index (χ4v) is 1.53. The van der Waals surface area contributed by atoms with Gasteiger partial charge in [-0.3, -0.25) is 9.89 Å². The molecule has 17 heavy (non-hydrogen) atoms. The van der Waals surface area contributed by atoms with Crippen LogP contribution < -0.4 is 11.1 Å². The summed E-state index contributed by atoms with van der Waals surface area (Å²) in [5, 5.41) is 9.09. The summed E-state index contributed by atoms with van der Waals surface area (Å²) in [5.74, 6) is 0.427. The minimum Gasteiger partial charge on any atom is -0.399 e. The maximum atomic E-state index is 11.8. The summed E-state index contributed by atoms with van der Waals surface area (Å²) in [6, 6.07) is 5.24. The van der Waals surface area contributed by atoms with Crippen molar-refractivity contribution in [1.29, 1.82) is 0 Å². The van der Waals surface area contributed by atoms with E-state index in [4.69, 9.17) is 5.73 Å². The number of benzene rings is 1. The van der Waals surface area contributed by atoms with Crippen LogP contribution in [0.25, 0.3) is 0 Å². The predicted molar refractivity (Wildman–Crippen MR) is 63.1 cm³/mol. The molecule has 6 heteroatoms. The lowest BCUT2D eigenvalue weighted by Gasteiger charge is -2.05. The number of hydrogen-bond acceptors (Lipinski definition) is 4. The summed E-state index contributed by atoms with van der Waals surface area (Å²) >= 11 is 0. The van der Waals surface area contributed by atoms with Gasteiger partial charge in [0.05, 0.1) is 6.54 Å². The molecule has 1 aromatic heterocycles. The van der Waals surface area contributed by atoms with E-state index in [0.29, 0.717) is 23.6 Å². The summed E-state index contributed by atoms with van der Waals surface area (Å²) in [6.45, 7) is 2.20. The number of aryl methyl sites for hydroxylation is 1. The Labute approximate surface area is 98.3 Å². The summed E-state index contributed by atoms with van der Waals surface area (Å²) in [6.07, 6.45) is 1.39. The summed E-state index contributed by atoms with van der Waals surface area (Å²) in [4.78, 5) is 15.7. The number of nitrogens with zero attached hydrogens (tertiary/aromatic N) is 2. The largest absolute Gasteiger partial charge is 0.399 e. The number of nitrogens with one attached hydrogen (secondary N) is 2. The van der Waals surface area contributed by atoms with E-state index in [0.717, 1.165) is 5.56 Å². The zero-order chi connectivity index (χ0) is 12.3. The van der Waals surface area contributed by atoms with Crippen molar-refractivity contribution in [2.45, 2.75) is 13.5 Å². The Kier molecular flexibility index (Phi) is 3.04. The number of nitrogen functional groups attached to an aromatic ring is 1. The van der Waals surface area contributed by atoms with Gasteiger partial charge in [0.2, 0.25) is 0 Å². The van der Waals surface area contributed by atoms with Crippen LogP contribution in [-0.2, 0) is 6.54 Å². The van der Waals surface area contributed by atoms with Crippen LogP contribution in [-0.4, -0.2) is 21.1 Å². The van der Waals surface area contributed by atoms with E-state index < -0.39 is 0 Å². The molecule has 0 saturated carbocycles. The molecule has 0 aliphatic heterocycles. The summed E-state index contributed by atoms with van der Waals surface area (Å²) in [7, 11) is 0. The third-order valence-corrected chi connectivity index (χ3v) is 2.24. The van der Waals surface area contributed by atoms with Gasteiger partial charge in [0.15, 0.2) is 0 Å². The maximum absolute atomic E-state index is 11.8. The zero-order valence-electron chi connectivity index (χ0n) is 9.40. The molecule has 0 aliphatic carbocycles. The SMILES string of the molecule is Cc1cc(N)cc(C(=O)NCc2ncn[nH]2)c1. The van der Waals surface area contributed by atoms with Crippen LogP contribution in [0.1, 0.15) is 21.7 Å². The second kappa shape index (κ2) is 4.65. The number of anilines is 1. The molecule has 0 atom stereocenters. The van der Waals surface area contributed by atoms with Crippen molar-refractivity contribution in [3.05, 3.63) is 41.5 Å². The number of nitrogens with two attached hydrogens (primary N) is 1. The molecule has 1 heterocycles. The molecular weight excluding hydrogens is 218 g/mol. The molecule has 0 bridgehead atoms. The number of hydrogen-bond donors (Lipinski definition) is 3. The molecule has 2 aromatic rings. The van der Waals surface area contributed by atoms with Crippen LogP contribution in [0.5, 0.6) is 0 Å². The lowest BCUT2D eigenvalue weighted by molar-refractivity contribution is 0.0950. The standard InChI is InChI=1S/C11H13N5O/c1-7-2-8(4-9(12)3-7)11(17)13-5-10-14-6-15-16-10/h2-4,6H,5,12H2,1H3,(H,13,17)(H,14,15,16). The average Bonchev–Trinajstić information content (AvgIpc) is 2.77. The lowest BCUT2D eigenvalue weighted by atomic mass is 10.1. The van der Waals surface area contributed by atoms with Crippen molar-refractivity contribution in [1.82, 2.24) is 20.5 Å². The van der Waals surface area contributed by atoms with Crippen LogP contribution in [0.15, 0.2) is 24.5 Å². The highest BCUT2D eigenvalue weighted by Crippen LogP contribution is 2.11. The molecule has 0 spiro atoms. The number of carbonyl (C=O) groups excluding carboxylic acids is 1. The Balaban J connectivity index is 2.04. The molecule has 6 nitrogen and oxygen atoms in total. The second-order valence-corrected chi connectivity index (χ2v) is 3.75. The highest BCUT2D eigenvalue weighted by molar-refractivity contribution is 5.95. The van der Waals surface area contributed by atoms with E-state index in [-0.39, 0.29) is 5.91 Å². The lowest BCUT2D eigenvalue weighted by Crippen LogP contribution is -2.23. The van der Waals surface area contributed by atoms with Gasteiger partial charge in [-0.25, -0.2) is 4.98 Å². The molecule has 0 aliphatic rings. The van der Waals surface area contributed by atoms with Gasteiger partial charge in [-0.1, -0.05) is 0 Å². The minimum atomic E-state index is -0.184. The molecule has 88 valence electrons. The maximum Gasteiger partial charge on any atom is 0.251 e. The minimum absolute atomic E-state index is 0.184. The van der Waals surface area contributed by atoms with Crippen LogP contribution in [0.4, 0.5) is 5.69 Å². The van der Waals surface area contributed by atoms with Crippen molar-refractivity contribution in [2.24, 2.45) is 0 Å². The number of rotatable bonds is 3. The smallest absolute Gasteiger partial charge is 0.251 e. The number of aromatic nitrogens is 3. The van der Waals surface area contributed by atoms with Crippen molar-refractivity contribution in [3.8, 4) is 0 Å². The van der Waals surface area contributed by atoms with Crippen molar-refractivity contribution >= 4 is 11.6 Å². The third-order valence-electron chi connectivity index (χ3n) is 2.24. The molecule has 4 N–H and O–H groups in total. The molecule has 0 fully saturated rings. The van der Waals surface area contributed by atoms with Gasteiger partial charge in [0.1, 0.15) is 12.2 Å². The van der Waals surface area contributed by atoms with E-state index in [1.165, 1.54) is 6.33 Å². The van der Waals surface area contributed by atoms with Gasteiger partial charge in [-0.2, -0.15) is 5.10 Å². The van der Waals surface area contributed by atoms with E-state index in [2.05, 4.69) is 20.5 Å². The quantitative estimate of drug-likeness (QED) is 0.675. The average molecular weight is 231 g/mol. The molecule has 1 aromatic carbocycles. The van der Waals surface area contributed by atoms with E-state index in [1.807, 2.05) is 13.0 Å². The normalized spacial score (nSPS) is 10.2. The molecular formula is C11H13N5O. The van der Waals surface area contributed by atoms with Crippen LogP contribution in [0.3, 0.4) is 0 Å². The Morgan fingerprint density at radius 3 is 2.94 bits per heavy atom. The van der Waals surface area contributed by atoms with Gasteiger partial charge in [-0.05, 0) is 30.7 Å². The zero-order valence-corrected chi connectivity index (χ0v) is 9.40. The number of amides is 1. The highest BCUT2D eigenvalue weighted by Gasteiger charge is 2.07. The molecule has 0 unspecified atom stereocenters. The number of aromatic amines is 1.